The van der Waals surface area contributed by atoms with Crippen molar-refractivity contribution in [2.45, 2.75) is 25.5 Å². The highest BCUT2D eigenvalue weighted by Gasteiger charge is 2.49. The number of hydrogen-bond acceptors (Lipinski definition) is 5. The van der Waals surface area contributed by atoms with E-state index in [0.717, 1.165) is 5.39 Å². The quantitative estimate of drug-likeness (QED) is 0.793. The van der Waals surface area contributed by atoms with Crippen LogP contribution in [0.15, 0.2) is 29.1 Å². The van der Waals surface area contributed by atoms with Gasteiger partial charge >= 0.3 is 6.09 Å². The van der Waals surface area contributed by atoms with Gasteiger partial charge < -0.3 is 14.5 Å². The van der Waals surface area contributed by atoms with Gasteiger partial charge in [-0.05, 0) is 13.0 Å². The molecule has 2 amide bonds. The van der Waals surface area contributed by atoms with Crippen LogP contribution in [0.3, 0.4) is 0 Å². The number of rotatable bonds is 2. The highest BCUT2D eigenvalue weighted by molar-refractivity contribution is 5.84. The van der Waals surface area contributed by atoms with E-state index < -0.39 is 5.60 Å². The van der Waals surface area contributed by atoms with Crippen molar-refractivity contribution in [3.05, 3.63) is 40.3 Å². The van der Waals surface area contributed by atoms with Crippen molar-refractivity contribution in [2.24, 2.45) is 0 Å². The zero-order valence-corrected chi connectivity index (χ0v) is 14.8. The van der Waals surface area contributed by atoms with Crippen LogP contribution in [0.5, 0.6) is 0 Å². The lowest BCUT2D eigenvalue weighted by Crippen LogP contribution is -2.41. The molecule has 1 aromatic heterocycles. The molecule has 8 nitrogen and oxygen atoms in total. The Morgan fingerprint density at radius 1 is 1.23 bits per heavy atom. The fourth-order valence-electron chi connectivity index (χ4n) is 3.80. The van der Waals surface area contributed by atoms with Gasteiger partial charge in [0.15, 0.2) is 5.60 Å². The fraction of sp³-hybridized carbons (Fsp3) is 0.444. The molecular weight excluding hydrogens is 336 g/mol. The number of aromatic nitrogens is 2. The molecule has 1 atom stereocenters. The number of hydrogen-bond donors (Lipinski definition) is 0. The molecule has 136 valence electrons. The van der Waals surface area contributed by atoms with E-state index in [1.165, 1.54) is 9.58 Å². The van der Waals surface area contributed by atoms with E-state index in [2.05, 4.69) is 5.10 Å². The van der Waals surface area contributed by atoms with Gasteiger partial charge in [-0.25, -0.2) is 9.48 Å². The summed E-state index contributed by atoms with van der Waals surface area (Å²) in [6, 6.07) is 7.24. The van der Waals surface area contributed by atoms with Crippen LogP contribution in [0.1, 0.15) is 12.1 Å². The van der Waals surface area contributed by atoms with Gasteiger partial charge in [-0.2, -0.15) is 5.10 Å². The minimum atomic E-state index is -0.626. The van der Waals surface area contributed by atoms with Crippen molar-refractivity contribution in [1.82, 2.24) is 19.6 Å². The number of likely N-dealkylation sites (N-methyl/N-ethyl adjacent to an activating group) is 1. The van der Waals surface area contributed by atoms with E-state index in [4.69, 9.17) is 4.74 Å². The normalized spacial score (nSPS) is 22.5. The number of aryl methyl sites for hydroxylation is 1. The summed E-state index contributed by atoms with van der Waals surface area (Å²) in [5, 5.41) is 5.63. The molecule has 26 heavy (non-hydrogen) atoms. The Morgan fingerprint density at radius 2 is 1.96 bits per heavy atom. The first-order chi connectivity index (χ1) is 12.4. The van der Waals surface area contributed by atoms with Gasteiger partial charge in [0.05, 0.1) is 24.2 Å². The molecule has 0 saturated carbocycles. The van der Waals surface area contributed by atoms with Crippen LogP contribution < -0.4 is 5.56 Å². The summed E-state index contributed by atoms with van der Waals surface area (Å²) in [5.41, 5.74) is -0.197. The zero-order valence-electron chi connectivity index (χ0n) is 14.8. The fourth-order valence-corrected chi connectivity index (χ4v) is 3.80. The van der Waals surface area contributed by atoms with E-state index in [-0.39, 0.29) is 24.1 Å². The molecule has 3 heterocycles. The number of benzene rings is 1. The van der Waals surface area contributed by atoms with Crippen LogP contribution in [0.4, 0.5) is 4.79 Å². The van der Waals surface area contributed by atoms with Crippen molar-refractivity contribution in [2.75, 3.05) is 26.7 Å². The summed E-state index contributed by atoms with van der Waals surface area (Å²) in [5.74, 6) is -0.197. The van der Waals surface area contributed by atoms with Crippen molar-refractivity contribution >= 4 is 22.8 Å². The molecule has 0 radical (unpaired) electrons. The molecule has 2 aliphatic heterocycles. The zero-order chi connectivity index (χ0) is 18.5. The SMILES string of the molecule is Cc1nn(CC(=O)N2CC[C@]3(CN(C)C(=O)O3)C2)c(=O)c2ccccc12. The van der Waals surface area contributed by atoms with Crippen molar-refractivity contribution in [3.8, 4) is 0 Å². The maximum absolute atomic E-state index is 12.7. The van der Waals surface area contributed by atoms with Crippen LogP contribution in [0.2, 0.25) is 0 Å². The van der Waals surface area contributed by atoms with Crippen molar-refractivity contribution in [1.29, 1.82) is 0 Å². The third-order valence-electron chi connectivity index (χ3n) is 5.15. The maximum atomic E-state index is 12.7. The molecular formula is C18H20N4O4. The predicted octanol–water partition coefficient (Wildman–Crippen LogP) is 0.758. The molecule has 1 aromatic carbocycles. The summed E-state index contributed by atoms with van der Waals surface area (Å²) < 4.78 is 6.68. The second-order valence-electron chi connectivity index (χ2n) is 7.07. The van der Waals surface area contributed by atoms with E-state index in [1.807, 2.05) is 19.1 Å². The molecule has 4 rings (SSSR count). The van der Waals surface area contributed by atoms with Crippen LogP contribution in [-0.4, -0.2) is 63.9 Å². The summed E-state index contributed by atoms with van der Waals surface area (Å²) in [7, 11) is 1.68. The highest BCUT2D eigenvalue weighted by Crippen LogP contribution is 2.31. The predicted molar refractivity (Wildman–Crippen MR) is 93.8 cm³/mol. The maximum Gasteiger partial charge on any atom is 0.410 e. The Bertz CT molecular complexity index is 969. The average molecular weight is 356 g/mol. The second-order valence-corrected chi connectivity index (χ2v) is 7.07. The van der Waals surface area contributed by atoms with Gasteiger partial charge in [-0.3, -0.25) is 9.59 Å². The molecule has 1 spiro atoms. The molecule has 8 heteroatoms. The van der Waals surface area contributed by atoms with E-state index in [9.17, 15) is 14.4 Å². The minimum absolute atomic E-state index is 0.121. The average Bonchev–Trinajstić information content (AvgIpc) is 3.15. The molecule has 0 N–H and O–H groups in total. The van der Waals surface area contributed by atoms with Gasteiger partial charge in [0.2, 0.25) is 5.91 Å². The smallest absolute Gasteiger partial charge is 0.410 e. The van der Waals surface area contributed by atoms with E-state index in [0.29, 0.717) is 37.1 Å². The standard InChI is InChI=1S/C18H20N4O4/c1-12-13-5-3-4-6-14(13)16(24)22(19-12)9-15(23)21-8-7-18(11-21)10-20(2)17(25)26-18/h3-6H,7-11H2,1-2H3/t18-/m0/s1. The Hall–Kier alpha value is -2.90. The van der Waals surface area contributed by atoms with Crippen LogP contribution in [-0.2, 0) is 16.1 Å². The lowest BCUT2D eigenvalue weighted by molar-refractivity contribution is -0.131. The van der Waals surface area contributed by atoms with E-state index in [1.54, 1.807) is 24.1 Å². The summed E-state index contributed by atoms with van der Waals surface area (Å²) in [6.07, 6.45) is 0.246. The molecule has 0 aliphatic carbocycles. The largest absolute Gasteiger partial charge is 0.439 e. The van der Waals surface area contributed by atoms with Gasteiger partial charge in [0.1, 0.15) is 6.54 Å². The van der Waals surface area contributed by atoms with Gasteiger partial charge in [0, 0.05) is 25.4 Å². The number of carbonyl (C=O) groups excluding carboxylic acids is 2. The molecule has 0 unspecified atom stereocenters. The third kappa shape index (κ3) is 2.61. The summed E-state index contributed by atoms with van der Waals surface area (Å²) in [6.45, 7) is 3.03. The topological polar surface area (TPSA) is 84.7 Å². The molecule has 2 fully saturated rings. The number of fused-ring (bicyclic) bond motifs is 1. The Balaban J connectivity index is 1.55. The van der Waals surface area contributed by atoms with Gasteiger partial charge in [0.25, 0.3) is 5.56 Å². The number of nitrogens with zero attached hydrogens (tertiary/aromatic N) is 4. The van der Waals surface area contributed by atoms with E-state index >= 15 is 0 Å². The number of likely N-dealkylation sites (tertiary alicyclic amines) is 1. The van der Waals surface area contributed by atoms with Crippen LogP contribution >= 0.6 is 0 Å². The minimum Gasteiger partial charge on any atom is -0.439 e. The Labute approximate surface area is 149 Å². The van der Waals surface area contributed by atoms with Gasteiger partial charge in [-0.15, -0.1) is 0 Å². The van der Waals surface area contributed by atoms with Gasteiger partial charge in [-0.1, -0.05) is 18.2 Å². The van der Waals surface area contributed by atoms with Crippen LogP contribution in [0.25, 0.3) is 10.8 Å². The first kappa shape index (κ1) is 16.6. The number of ether oxygens (including phenoxy) is 1. The molecule has 2 aromatic rings. The Morgan fingerprint density at radius 3 is 2.65 bits per heavy atom. The van der Waals surface area contributed by atoms with Crippen LogP contribution in [0, 0.1) is 6.92 Å². The Kier molecular flexibility index (Phi) is 3.71. The molecule has 0 bridgehead atoms. The molecule has 2 saturated heterocycles. The lowest BCUT2D eigenvalue weighted by Gasteiger charge is -2.22. The highest BCUT2D eigenvalue weighted by atomic mass is 16.6. The molecule has 2 aliphatic rings. The summed E-state index contributed by atoms with van der Waals surface area (Å²) >= 11 is 0. The second kappa shape index (κ2) is 5.82. The van der Waals surface area contributed by atoms with Crippen molar-refractivity contribution < 1.29 is 14.3 Å². The third-order valence-corrected chi connectivity index (χ3v) is 5.15. The lowest BCUT2D eigenvalue weighted by atomic mass is 10.0. The number of carbonyl (C=O) groups is 2. The van der Waals surface area contributed by atoms with Crippen molar-refractivity contribution in [3.63, 3.8) is 0 Å². The first-order valence-electron chi connectivity index (χ1n) is 8.57. The monoisotopic (exact) mass is 356 g/mol. The summed E-state index contributed by atoms with van der Waals surface area (Å²) in [4.78, 5) is 40.1. The number of amides is 2. The first-order valence-corrected chi connectivity index (χ1v) is 8.57.